The molecule has 0 aliphatic rings. The summed E-state index contributed by atoms with van der Waals surface area (Å²) < 4.78 is 1.06. The Kier molecular flexibility index (Phi) is 2.13. The summed E-state index contributed by atoms with van der Waals surface area (Å²) in [7, 11) is 0. The summed E-state index contributed by atoms with van der Waals surface area (Å²) in [5.74, 6) is 0. The standard InChI is InChI=1S/C7H8INO/c1-4-3-9-7(10)5(2)6(4)8/h3H,1-2H3,(H,9,10). The van der Waals surface area contributed by atoms with E-state index in [1.165, 1.54) is 0 Å². The van der Waals surface area contributed by atoms with E-state index in [-0.39, 0.29) is 5.56 Å². The average Bonchev–Trinajstić information content (AvgIpc) is 1.93. The molecule has 0 saturated heterocycles. The molecular formula is C7H8INO. The quantitative estimate of drug-likeness (QED) is 0.696. The van der Waals surface area contributed by atoms with Crippen molar-refractivity contribution in [2.45, 2.75) is 13.8 Å². The molecule has 3 heteroatoms. The topological polar surface area (TPSA) is 32.9 Å². The summed E-state index contributed by atoms with van der Waals surface area (Å²) in [6, 6.07) is 0. The molecule has 1 aromatic heterocycles. The van der Waals surface area contributed by atoms with Crippen molar-refractivity contribution in [2.75, 3.05) is 0 Å². The van der Waals surface area contributed by atoms with Gasteiger partial charge in [0.05, 0.1) is 0 Å². The maximum absolute atomic E-state index is 10.9. The second kappa shape index (κ2) is 2.74. The van der Waals surface area contributed by atoms with Crippen molar-refractivity contribution in [1.29, 1.82) is 0 Å². The smallest absolute Gasteiger partial charge is 0.251 e. The summed E-state index contributed by atoms with van der Waals surface area (Å²) in [6.07, 6.45) is 1.73. The first-order valence-electron chi connectivity index (χ1n) is 2.97. The third-order valence-corrected chi connectivity index (χ3v) is 3.10. The van der Waals surface area contributed by atoms with E-state index in [4.69, 9.17) is 0 Å². The van der Waals surface area contributed by atoms with Gasteiger partial charge in [0.2, 0.25) is 0 Å². The lowest BCUT2D eigenvalue weighted by molar-refractivity contribution is 1.13. The Morgan fingerprint density at radius 2 is 2.10 bits per heavy atom. The van der Waals surface area contributed by atoms with Crippen LogP contribution in [-0.2, 0) is 0 Å². The summed E-state index contributed by atoms with van der Waals surface area (Å²) in [4.78, 5) is 13.6. The average molecular weight is 249 g/mol. The van der Waals surface area contributed by atoms with E-state index in [0.29, 0.717) is 0 Å². The first kappa shape index (κ1) is 7.78. The van der Waals surface area contributed by atoms with Crippen LogP contribution in [0.4, 0.5) is 0 Å². The Morgan fingerprint density at radius 3 is 2.60 bits per heavy atom. The molecular weight excluding hydrogens is 241 g/mol. The van der Waals surface area contributed by atoms with Gasteiger partial charge >= 0.3 is 0 Å². The molecule has 0 bridgehead atoms. The fourth-order valence-electron chi connectivity index (χ4n) is 0.741. The molecule has 0 aliphatic heterocycles. The zero-order valence-corrected chi connectivity index (χ0v) is 8.02. The molecule has 0 aliphatic carbocycles. The predicted molar refractivity (Wildman–Crippen MR) is 49.3 cm³/mol. The number of hydrogen-bond acceptors (Lipinski definition) is 1. The minimum Gasteiger partial charge on any atom is -0.329 e. The Bertz CT molecular complexity index is 303. The largest absolute Gasteiger partial charge is 0.329 e. The first-order valence-corrected chi connectivity index (χ1v) is 4.05. The second-order valence-electron chi connectivity index (χ2n) is 2.24. The SMILES string of the molecule is Cc1c[nH]c(=O)c(C)c1I. The molecule has 1 heterocycles. The van der Waals surface area contributed by atoms with Gasteiger partial charge in [0.15, 0.2) is 0 Å². The van der Waals surface area contributed by atoms with E-state index in [2.05, 4.69) is 27.6 Å². The van der Waals surface area contributed by atoms with Crippen molar-refractivity contribution in [2.24, 2.45) is 0 Å². The van der Waals surface area contributed by atoms with Crippen molar-refractivity contribution in [3.8, 4) is 0 Å². The fraction of sp³-hybridized carbons (Fsp3) is 0.286. The van der Waals surface area contributed by atoms with Crippen LogP contribution in [0.25, 0.3) is 0 Å². The Hall–Kier alpha value is -0.320. The van der Waals surface area contributed by atoms with E-state index in [9.17, 15) is 4.79 Å². The molecule has 54 valence electrons. The Morgan fingerprint density at radius 1 is 1.50 bits per heavy atom. The summed E-state index contributed by atoms with van der Waals surface area (Å²) >= 11 is 2.17. The molecule has 1 rings (SSSR count). The second-order valence-corrected chi connectivity index (χ2v) is 3.32. The molecule has 1 N–H and O–H groups in total. The van der Waals surface area contributed by atoms with Gasteiger partial charge < -0.3 is 4.98 Å². The zero-order chi connectivity index (χ0) is 7.72. The zero-order valence-electron chi connectivity index (χ0n) is 5.86. The van der Waals surface area contributed by atoms with Crippen molar-refractivity contribution in [1.82, 2.24) is 4.98 Å². The maximum atomic E-state index is 10.9. The van der Waals surface area contributed by atoms with Crippen LogP contribution < -0.4 is 5.56 Å². The molecule has 0 atom stereocenters. The normalized spacial score (nSPS) is 9.90. The number of halogens is 1. The molecule has 10 heavy (non-hydrogen) atoms. The van der Waals surface area contributed by atoms with Gasteiger partial charge in [0.25, 0.3) is 5.56 Å². The number of pyridine rings is 1. The van der Waals surface area contributed by atoms with Gasteiger partial charge in [-0.05, 0) is 42.0 Å². The highest BCUT2D eigenvalue weighted by molar-refractivity contribution is 14.1. The number of aromatic nitrogens is 1. The van der Waals surface area contributed by atoms with Gasteiger partial charge in [0, 0.05) is 15.3 Å². The first-order chi connectivity index (χ1) is 4.63. The maximum Gasteiger partial charge on any atom is 0.251 e. The van der Waals surface area contributed by atoms with Crippen LogP contribution in [0.3, 0.4) is 0 Å². The molecule has 0 amide bonds. The van der Waals surface area contributed by atoms with Crippen molar-refractivity contribution >= 4 is 22.6 Å². The lowest BCUT2D eigenvalue weighted by Gasteiger charge is -1.98. The van der Waals surface area contributed by atoms with Gasteiger partial charge in [-0.25, -0.2) is 0 Å². The van der Waals surface area contributed by atoms with Crippen LogP contribution in [0.2, 0.25) is 0 Å². The van der Waals surface area contributed by atoms with Crippen LogP contribution in [0.15, 0.2) is 11.0 Å². The van der Waals surface area contributed by atoms with Crippen LogP contribution >= 0.6 is 22.6 Å². The molecule has 0 spiro atoms. The van der Waals surface area contributed by atoms with Gasteiger partial charge in [-0.2, -0.15) is 0 Å². The van der Waals surface area contributed by atoms with Crippen LogP contribution in [0.1, 0.15) is 11.1 Å². The Labute approximate surface area is 72.8 Å². The molecule has 2 nitrogen and oxygen atoms in total. The van der Waals surface area contributed by atoms with Gasteiger partial charge in [0.1, 0.15) is 0 Å². The summed E-state index contributed by atoms with van der Waals surface area (Å²) in [5.41, 5.74) is 1.94. The van der Waals surface area contributed by atoms with Crippen LogP contribution in [0.5, 0.6) is 0 Å². The minimum atomic E-state index is 0.00926. The van der Waals surface area contributed by atoms with E-state index < -0.39 is 0 Å². The lowest BCUT2D eigenvalue weighted by Crippen LogP contribution is -2.11. The number of H-pyrrole nitrogens is 1. The number of aryl methyl sites for hydroxylation is 1. The summed E-state index contributed by atoms with van der Waals surface area (Å²) in [6.45, 7) is 3.80. The monoisotopic (exact) mass is 249 g/mol. The van der Waals surface area contributed by atoms with E-state index >= 15 is 0 Å². The van der Waals surface area contributed by atoms with E-state index in [0.717, 1.165) is 14.7 Å². The van der Waals surface area contributed by atoms with E-state index in [1.54, 1.807) is 6.20 Å². The fourth-order valence-corrected chi connectivity index (χ4v) is 1.14. The summed E-state index contributed by atoms with van der Waals surface area (Å²) in [5, 5.41) is 0. The van der Waals surface area contributed by atoms with Crippen molar-refractivity contribution in [3.05, 3.63) is 31.2 Å². The highest BCUT2D eigenvalue weighted by Crippen LogP contribution is 2.10. The minimum absolute atomic E-state index is 0.00926. The van der Waals surface area contributed by atoms with Crippen molar-refractivity contribution in [3.63, 3.8) is 0 Å². The van der Waals surface area contributed by atoms with Crippen LogP contribution in [0, 0.1) is 17.4 Å². The predicted octanol–water partition coefficient (Wildman–Crippen LogP) is 1.60. The Balaban J connectivity index is 3.49. The molecule has 0 unspecified atom stereocenters. The van der Waals surface area contributed by atoms with Gasteiger partial charge in [-0.3, -0.25) is 4.79 Å². The van der Waals surface area contributed by atoms with Gasteiger partial charge in [-0.15, -0.1) is 0 Å². The number of rotatable bonds is 0. The number of hydrogen-bond donors (Lipinski definition) is 1. The van der Waals surface area contributed by atoms with Gasteiger partial charge in [-0.1, -0.05) is 0 Å². The highest BCUT2D eigenvalue weighted by Gasteiger charge is 2.00. The molecule has 0 radical (unpaired) electrons. The molecule has 0 saturated carbocycles. The van der Waals surface area contributed by atoms with Crippen molar-refractivity contribution < 1.29 is 0 Å². The third kappa shape index (κ3) is 1.23. The number of aromatic amines is 1. The van der Waals surface area contributed by atoms with Crippen LogP contribution in [-0.4, -0.2) is 4.98 Å². The highest BCUT2D eigenvalue weighted by atomic mass is 127. The third-order valence-electron chi connectivity index (χ3n) is 1.44. The lowest BCUT2D eigenvalue weighted by atomic mass is 10.2. The van der Waals surface area contributed by atoms with E-state index in [1.807, 2.05) is 13.8 Å². The molecule has 0 fully saturated rings. The molecule has 0 aromatic carbocycles. The molecule has 1 aromatic rings. The number of nitrogens with one attached hydrogen (secondary N) is 1.